The van der Waals surface area contributed by atoms with Gasteiger partial charge in [-0.3, -0.25) is 0 Å². The second-order valence-corrected chi connectivity index (χ2v) is 4.58. The van der Waals surface area contributed by atoms with Crippen LogP contribution < -0.4 is 20.1 Å². The van der Waals surface area contributed by atoms with E-state index in [0.717, 1.165) is 30.3 Å². The van der Waals surface area contributed by atoms with Crippen molar-refractivity contribution in [2.45, 2.75) is 6.42 Å². The van der Waals surface area contributed by atoms with Crippen LogP contribution in [0.1, 0.15) is 6.42 Å². The fourth-order valence-corrected chi connectivity index (χ4v) is 1.91. The number of para-hydroxylation sites is 2. The summed E-state index contributed by atoms with van der Waals surface area (Å²) in [4.78, 5) is 10.1. The lowest BCUT2D eigenvalue weighted by Crippen LogP contribution is -2.21. The lowest BCUT2D eigenvalue weighted by atomic mass is 10.3. The van der Waals surface area contributed by atoms with Gasteiger partial charge in [-0.1, -0.05) is 12.1 Å². The molecule has 0 aliphatic heterocycles. The SMILES string of the molecule is COc1ccccc1OCCCN(C)c1cc(N)ncn1. The number of ether oxygens (including phenoxy) is 2. The van der Waals surface area contributed by atoms with E-state index in [1.807, 2.05) is 36.2 Å². The molecule has 6 heteroatoms. The molecule has 0 amide bonds. The highest BCUT2D eigenvalue weighted by atomic mass is 16.5. The molecule has 0 aliphatic rings. The van der Waals surface area contributed by atoms with Crippen LogP contribution in [0.4, 0.5) is 11.6 Å². The number of methoxy groups -OCH3 is 1. The van der Waals surface area contributed by atoms with Crippen molar-refractivity contribution in [1.29, 1.82) is 0 Å². The van der Waals surface area contributed by atoms with E-state index in [-0.39, 0.29) is 0 Å². The molecule has 1 heterocycles. The zero-order valence-electron chi connectivity index (χ0n) is 12.3. The average molecular weight is 288 g/mol. The van der Waals surface area contributed by atoms with Crippen LogP contribution in [0.25, 0.3) is 0 Å². The van der Waals surface area contributed by atoms with Gasteiger partial charge in [0.2, 0.25) is 0 Å². The monoisotopic (exact) mass is 288 g/mol. The third-order valence-electron chi connectivity index (χ3n) is 3.03. The lowest BCUT2D eigenvalue weighted by molar-refractivity contribution is 0.290. The van der Waals surface area contributed by atoms with Gasteiger partial charge in [0, 0.05) is 19.7 Å². The largest absolute Gasteiger partial charge is 0.493 e. The molecule has 0 bridgehead atoms. The van der Waals surface area contributed by atoms with E-state index in [2.05, 4.69) is 9.97 Å². The van der Waals surface area contributed by atoms with Crippen molar-refractivity contribution < 1.29 is 9.47 Å². The Bertz CT molecular complexity index is 577. The maximum absolute atomic E-state index is 5.73. The van der Waals surface area contributed by atoms with Gasteiger partial charge in [0.1, 0.15) is 18.0 Å². The third-order valence-corrected chi connectivity index (χ3v) is 3.03. The molecule has 21 heavy (non-hydrogen) atoms. The average Bonchev–Trinajstić information content (AvgIpc) is 2.51. The maximum Gasteiger partial charge on any atom is 0.161 e. The summed E-state index contributed by atoms with van der Waals surface area (Å²) >= 11 is 0. The smallest absolute Gasteiger partial charge is 0.161 e. The first-order valence-electron chi connectivity index (χ1n) is 6.75. The van der Waals surface area contributed by atoms with E-state index < -0.39 is 0 Å². The van der Waals surface area contributed by atoms with Crippen LogP contribution in [0.3, 0.4) is 0 Å². The first kappa shape index (κ1) is 14.9. The molecule has 2 aromatic rings. The van der Waals surface area contributed by atoms with Gasteiger partial charge in [-0.2, -0.15) is 0 Å². The summed E-state index contributed by atoms with van der Waals surface area (Å²) in [5.41, 5.74) is 5.64. The fourth-order valence-electron chi connectivity index (χ4n) is 1.91. The van der Waals surface area contributed by atoms with Crippen molar-refractivity contribution >= 4 is 11.6 Å². The second kappa shape index (κ2) is 7.33. The van der Waals surface area contributed by atoms with Gasteiger partial charge in [0.05, 0.1) is 13.7 Å². The zero-order chi connectivity index (χ0) is 15.1. The number of nitrogen functional groups attached to an aromatic ring is 1. The van der Waals surface area contributed by atoms with Gasteiger partial charge in [0.15, 0.2) is 11.5 Å². The van der Waals surface area contributed by atoms with Crippen molar-refractivity contribution in [2.24, 2.45) is 0 Å². The molecule has 2 rings (SSSR count). The summed E-state index contributed by atoms with van der Waals surface area (Å²) in [7, 11) is 3.60. The molecule has 1 aromatic carbocycles. The summed E-state index contributed by atoms with van der Waals surface area (Å²) in [6.45, 7) is 1.41. The van der Waals surface area contributed by atoms with Gasteiger partial charge in [-0.05, 0) is 18.6 Å². The number of nitrogens with zero attached hydrogens (tertiary/aromatic N) is 3. The van der Waals surface area contributed by atoms with E-state index in [0.29, 0.717) is 12.4 Å². The number of benzene rings is 1. The molecule has 0 fully saturated rings. The fraction of sp³-hybridized carbons (Fsp3) is 0.333. The quantitative estimate of drug-likeness (QED) is 0.785. The van der Waals surface area contributed by atoms with Gasteiger partial charge in [-0.25, -0.2) is 9.97 Å². The number of hydrogen-bond acceptors (Lipinski definition) is 6. The van der Waals surface area contributed by atoms with Crippen LogP contribution in [0.15, 0.2) is 36.7 Å². The normalized spacial score (nSPS) is 10.2. The molecular formula is C15H20N4O2. The van der Waals surface area contributed by atoms with Gasteiger partial charge < -0.3 is 20.1 Å². The van der Waals surface area contributed by atoms with Crippen LogP contribution in [-0.2, 0) is 0 Å². The topological polar surface area (TPSA) is 73.5 Å². The minimum atomic E-state index is 0.470. The molecule has 2 N–H and O–H groups in total. The Morgan fingerprint density at radius 1 is 1.19 bits per heavy atom. The number of anilines is 2. The van der Waals surface area contributed by atoms with Gasteiger partial charge >= 0.3 is 0 Å². The Balaban J connectivity index is 1.79. The molecule has 112 valence electrons. The summed E-state index contributed by atoms with van der Waals surface area (Å²) in [6, 6.07) is 9.37. The minimum Gasteiger partial charge on any atom is -0.493 e. The van der Waals surface area contributed by atoms with Crippen molar-refractivity contribution in [2.75, 3.05) is 37.9 Å². The molecule has 1 aromatic heterocycles. The summed E-state index contributed by atoms with van der Waals surface area (Å²) in [5, 5.41) is 0. The van der Waals surface area contributed by atoms with Crippen LogP contribution in [0, 0.1) is 0 Å². The first-order valence-corrected chi connectivity index (χ1v) is 6.75. The Hall–Kier alpha value is -2.50. The molecule has 0 radical (unpaired) electrons. The molecule has 0 unspecified atom stereocenters. The highest BCUT2D eigenvalue weighted by Gasteiger charge is 2.05. The standard InChI is InChI=1S/C15H20N4O2/c1-19(15-10-14(16)17-11-18-15)8-5-9-21-13-7-4-3-6-12(13)20-2/h3-4,6-7,10-11H,5,8-9H2,1-2H3,(H2,16,17,18). The molecule has 6 nitrogen and oxygen atoms in total. The minimum absolute atomic E-state index is 0.470. The molecule has 0 saturated heterocycles. The van der Waals surface area contributed by atoms with Gasteiger partial charge in [-0.15, -0.1) is 0 Å². The van der Waals surface area contributed by atoms with Crippen molar-refractivity contribution in [3.05, 3.63) is 36.7 Å². The zero-order valence-corrected chi connectivity index (χ0v) is 12.3. The second-order valence-electron chi connectivity index (χ2n) is 4.58. The van der Waals surface area contributed by atoms with Crippen LogP contribution >= 0.6 is 0 Å². The number of rotatable bonds is 7. The van der Waals surface area contributed by atoms with Gasteiger partial charge in [0.25, 0.3) is 0 Å². The van der Waals surface area contributed by atoms with Crippen molar-refractivity contribution in [3.8, 4) is 11.5 Å². The number of nitrogens with two attached hydrogens (primary N) is 1. The Labute approximate surface area is 124 Å². The number of hydrogen-bond donors (Lipinski definition) is 1. The van der Waals surface area contributed by atoms with Crippen molar-refractivity contribution in [1.82, 2.24) is 9.97 Å². The molecular weight excluding hydrogens is 268 g/mol. The Morgan fingerprint density at radius 2 is 1.95 bits per heavy atom. The highest BCUT2D eigenvalue weighted by molar-refractivity contribution is 5.45. The van der Waals surface area contributed by atoms with Crippen LogP contribution in [0.5, 0.6) is 11.5 Å². The van der Waals surface area contributed by atoms with Crippen LogP contribution in [-0.4, -0.2) is 37.3 Å². The maximum atomic E-state index is 5.73. The predicted molar refractivity (Wildman–Crippen MR) is 82.8 cm³/mol. The molecule has 0 aliphatic carbocycles. The Kier molecular flexibility index (Phi) is 5.20. The highest BCUT2D eigenvalue weighted by Crippen LogP contribution is 2.25. The summed E-state index contributed by atoms with van der Waals surface area (Å²) < 4.78 is 11.0. The molecule has 0 atom stereocenters. The third kappa shape index (κ3) is 4.24. The summed E-state index contributed by atoms with van der Waals surface area (Å²) in [5.74, 6) is 2.78. The molecule has 0 saturated carbocycles. The molecule has 0 spiro atoms. The first-order chi connectivity index (χ1) is 10.2. The summed E-state index contributed by atoms with van der Waals surface area (Å²) in [6.07, 6.45) is 2.32. The van der Waals surface area contributed by atoms with E-state index in [1.54, 1.807) is 13.2 Å². The van der Waals surface area contributed by atoms with E-state index in [4.69, 9.17) is 15.2 Å². The van der Waals surface area contributed by atoms with E-state index >= 15 is 0 Å². The predicted octanol–water partition coefficient (Wildman–Crippen LogP) is 1.97. The van der Waals surface area contributed by atoms with Crippen LogP contribution in [0.2, 0.25) is 0 Å². The Morgan fingerprint density at radius 3 is 2.67 bits per heavy atom. The lowest BCUT2D eigenvalue weighted by Gasteiger charge is -2.18. The van der Waals surface area contributed by atoms with Crippen molar-refractivity contribution in [3.63, 3.8) is 0 Å². The van der Waals surface area contributed by atoms with E-state index in [1.165, 1.54) is 6.33 Å². The van der Waals surface area contributed by atoms with E-state index in [9.17, 15) is 0 Å². The number of aromatic nitrogens is 2.